The fraction of sp³-hybridized carbons (Fsp3) is 0.167. The second-order valence-corrected chi connectivity index (χ2v) is 4.59. The van der Waals surface area contributed by atoms with Gasteiger partial charge in [-0.25, -0.2) is 4.98 Å². The van der Waals surface area contributed by atoms with E-state index in [4.69, 9.17) is 5.11 Å². The van der Waals surface area contributed by atoms with Crippen molar-refractivity contribution in [3.8, 4) is 0 Å². The van der Waals surface area contributed by atoms with Crippen LogP contribution in [0.4, 0.5) is 0 Å². The lowest BCUT2D eigenvalue weighted by Gasteiger charge is -2.05. The smallest absolute Gasteiger partial charge is 0.323 e. The third-order valence-corrected chi connectivity index (χ3v) is 2.85. The molecule has 0 amide bonds. The number of carbonyl (C=O) groups is 1. The molecular formula is C12H11BrN2O2. The molecule has 1 aromatic heterocycles. The summed E-state index contributed by atoms with van der Waals surface area (Å²) >= 11 is 3.40. The number of aliphatic carboxylic acids is 1. The van der Waals surface area contributed by atoms with Crippen LogP contribution in [0.5, 0.6) is 0 Å². The minimum Gasteiger partial charge on any atom is -0.480 e. The first-order chi connectivity index (χ1) is 8.15. The predicted molar refractivity (Wildman–Crippen MR) is 66.8 cm³/mol. The first-order valence-corrected chi connectivity index (χ1v) is 5.90. The zero-order valence-electron chi connectivity index (χ0n) is 9.01. The molecule has 0 bridgehead atoms. The summed E-state index contributed by atoms with van der Waals surface area (Å²) in [6.07, 6.45) is 3.93. The van der Waals surface area contributed by atoms with Gasteiger partial charge in [-0.3, -0.25) is 4.79 Å². The van der Waals surface area contributed by atoms with Gasteiger partial charge in [-0.15, -0.1) is 0 Å². The molecule has 0 atom stereocenters. The van der Waals surface area contributed by atoms with Crippen LogP contribution in [0.2, 0.25) is 0 Å². The SMILES string of the molecule is O=C(O)Cn1ccnc1Cc1cccc(Br)c1. The monoisotopic (exact) mass is 294 g/mol. The number of rotatable bonds is 4. The van der Waals surface area contributed by atoms with E-state index in [2.05, 4.69) is 20.9 Å². The molecular weight excluding hydrogens is 284 g/mol. The van der Waals surface area contributed by atoms with Gasteiger partial charge >= 0.3 is 5.97 Å². The van der Waals surface area contributed by atoms with E-state index in [0.717, 1.165) is 15.9 Å². The number of carboxylic acid groups (broad SMARTS) is 1. The van der Waals surface area contributed by atoms with Gasteiger partial charge in [0.1, 0.15) is 12.4 Å². The summed E-state index contributed by atoms with van der Waals surface area (Å²) in [6.45, 7) is -0.0522. The van der Waals surface area contributed by atoms with Crippen LogP contribution in [0.3, 0.4) is 0 Å². The van der Waals surface area contributed by atoms with Crippen LogP contribution < -0.4 is 0 Å². The van der Waals surface area contributed by atoms with E-state index < -0.39 is 5.97 Å². The largest absolute Gasteiger partial charge is 0.480 e. The van der Waals surface area contributed by atoms with Crippen molar-refractivity contribution in [3.05, 3.63) is 52.5 Å². The summed E-state index contributed by atoms with van der Waals surface area (Å²) in [5.41, 5.74) is 1.09. The van der Waals surface area contributed by atoms with Crippen molar-refractivity contribution in [3.63, 3.8) is 0 Å². The molecule has 2 aromatic rings. The average Bonchev–Trinajstić information content (AvgIpc) is 2.65. The number of hydrogen-bond acceptors (Lipinski definition) is 2. The number of aromatic nitrogens is 2. The van der Waals surface area contributed by atoms with Gasteiger partial charge in [0.15, 0.2) is 0 Å². The number of benzene rings is 1. The van der Waals surface area contributed by atoms with E-state index in [0.29, 0.717) is 6.42 Å². The van der Waals surface area contributed by atoms with Gasteiger partial charge in [0, 0.05) is 23.3 Å². The highest BCUT2D eigenvalue weighted by Gasteiger charge is 2.07. The minimum atomic E-state index is -0.863. The standard InChI is InChI=1S/C12H11BrN2O2/c13-10-3-1-2-9(6-10)7-11-14-4-5-15(11)8-12(16)17/h1-6H,7-8H2,(H,16,17). The molecule has 0 aliphatic heterocycles. The van der Waals surface area contributed by atoms with Crippen molar-refractivity contribution < 1.29 is 9.90 Å². The molecule has 5 heteroatoms. The zero-order valence-corrected chi connectivity index (χ0v) is 10.6. The molecule has 0 saturated carbocycles. The Kier molecular flexibility index (Phi) is 3.58. The van der Waals surface area contributed by atoms with Gasteiger partial charge in [-0.1, -0.05) is 28.1 Å². The highest BCUT2D eigenvalue weighted by molar-refractivity contribution is 9.10. The molecule has 88 valence electrons. The predicted octanol–water partition coefficient (Wildman–Crippen LogP) is 2.32. The van der Waals surface area contributed by atoms with Crippen LogP contribution >= 0.6 is 15.9 Å². The zero-order chi connectivity index (χ0) is 12.3. The third kappa shape index (κ3) is 3.17. The fourth-order valence-electron chi connectivity index (χ4n) is 1.63. The van der Waals surface area contributed by atoms with Crippen LogP contribution in [0.1, 0.15) is 11.4 Å². The molecule has 17 heavy (non-hydrogen) atoms. The molecule has 4 nitrogen and oxygen atoms in total. The Hall–Kier alpha value is -1.62. The number of imidazole rings is 1. The molecule has 1 aromatic carbocycles. The van der Waals surface area contributed by atoms with Gasteiger partial charge in [0.05, 0.1) is 0 Å². The Labute approximate surface area is 107 Å². The maximum Gasteiger partial charge on any atom is 0.323 e. The van der Waals surface area contributed by atoms with E-state index >= 15 is 0 Å². The van der Waals surface area contributed by atoms with Crippen molar-refractivity contribution in [2.24, 2.45) is 0 Å². The summed E-state index contributed by atoms with van der Waals surface area (Å²) in [5, 5.41) is 8.76. The number of hydrogen-bond donors (Lipinski definition) is 1. The summed E-state index contributed by atoms with van der Waals surface area (Å²) in [4.78, 5) is 14.8. The maximum absolute atomic E-state index is 10.7. The fourth-order valence-corrected chi connectivity index (χ4v) is 2.07. The summed E-state index contributed by atoms with van der Waals surface area (Å²) in [6, 6.07) is 7.89. The second-order valence-electron chi connectivity index (χ2n) is 3.67. The van der Waals surface area contributed by atoms with Crippen molar-refractivity contribution in [1.29, 1.82) is 0 Å². The van der Waals surface area contributed by atoms with Gasteiger partial charge in [0.25, 0.3) is 0 Å². The van der Waals surface area contributed by atoms with Crippen LogP contribution in [-0.4, -0.2) is 20.6 Å². The first kappa shape index (κ1) is 11.9. The third-order valence-electron chi connectivity index (χ3n) is 2.36. The van der Waals surface area contributed by atoms with Gasteiger partial charge in [0.2, 0.25) is 0 Å². The topological polar surface area (TPSA) is 55.1 Å². The van der Waals surface area contributed by atoms with E-state index in [-0.39, 0.29) is 6.54 Å². The van der Waals surface area contributed by atoms with Crippen molar-refractivity contribution >= 4 is 21.9 Å². The van der Waals surface area contributed by atoms with Crippen molar-refractivity contribution in [1.82, 2.24) is 9.55 Å². The maximum atomic E-state index is 10.7. The summed E-state index contributed by atoms with van der Waals surface area (Å²) in [5.74, 6) is -0.107. The van der Waals surface area contributed by atoms with Crippen molar-refractivity contribution in [2.45, 2.75) is 13.0 Å². The molecule has 0 aliphatic rings. The lowest BCUT2D eigenvalue weighted by Crippen LogP contribution is -2.11. The lowest BCUT2D eigenvalue weighted by atomic mass is 10.1. The highest BCUT2D eigenvalue weighted by atomic mass is 79.9. The average molecular weight is 295 g/mol. The van der Waals surface area contributed by atoms with Gasteiger partial charge < -0.3 is 9.67 Å². The van der Waals surface area contributed by atoms with Gasteiger partial charge in [-0.05, 0) is 17.7 Å². The Balaban J connectivity index is 2.18. The van der Waals surface area contributed by atoms with Crippen LogP contribution in [0.25, 0.3) is 0 Å². The highest BCUT2D eigenvalue weighted by Crippen LogP contribution is 2.14. The molecule has 0 saturated heterocycles. The second kappa shape index (κ2) is 5.14. The molecule has 0 radical (unpaired) electrons. The van der Waals surface area contributed by atoms with Crippen LogP contribution in [0, 0.1) is 0 Å². The van der Waals surface area contributed by atoms with Gasteiger partial charge in [-0.2, -0.15) is 0 Å². The molecule has 1 heterocycles. The van der Waals surface area contributed by atoms with Crippen LogP contribution in [0.15, 0.2) is 41.1 Å². The van der Waals surface area contributed by atoms with E-state index in [1.807, 2.05) is 24.3 Å². The molecule has 0 unspecified atom stereocenters. The Morgan fingerprint density at radius 2 is 2.29 bits per heavy atom. The number of carboxylic acids is 1. The summed E-state index contributed by atoms with van der Waals surface area (Å²) < 4.78 is 2.65. The van der Waals surface area contributed by atoms with Crippen molar-refractivity contribution in [2.75, 3.05) is 0 Å². The molecule has 1 N–H and O–H groups in total. The lowest BCUT2D eigenvalue weighted by molar-refractivity contribution is -0.137. The Morgan fingerprint density at radius 3 is 3.00 bits per heavy atom. The van der Waals surface area contributed by atoms with E-state index in [9.17, 15) is 4.79 Å². The molecule has 2 rings (SSSR count). The normalized spacial score (nSPS) is 10.4. The van der Waals surface area contributed by atoms with Crippen LogP contribution in [-0.2, 0) is 17.8 Å². The Morgan fingerprint density at radius 1 is 1.47 bits per heavy atom. The molecule has 0 spiro atoms. The van der Waals surface area contributed by atoms with E-state index in [1.54, 1.807) is 17.0 Å². The number of nitrogens with zero attached hydrogens (tertiary/aromatic N) is 2. The quantitative estimate of drug-likeness (QED) is 0.941. The van der Waals surface area contributed by atoms with E-state index in [1.165, 1.54) is 0 Å². The first-order valence-electron chi connectivity index (χ1n) is 5.11. The Bertz CT molecular complexity index is 537. The molecule has 0 fully saturated rings. The molecule has 0 aliphatic carbocycles. The minimum absolute atomic E-state index is 0.0522. The number of halogens is 1. The summed E-state index contributed by atoms with van der Waals surface area (Å²) in [7, 11) is 0.